The van der Waals surface area contributed by atoms with Gasteiger partial charge in [-0.3, -0.25) is 18.6 Å². The molecule has 0 rings (SSSR count). The maximum absolute atomic E-state index is 12.5. The molecule has 0 bridgehead atoms. The number of allylic oxidation sites excluding steroid dienone is 2. The van der Waals surface area contributed by atoms with Crippen molar-refractivity contribution < 1.29 is 42.7 Å². The first kappa shape index (κ1) is 46.7. The van der Waals surface area contributed by atoms with E-state index in [0.29, 0.717) is 13.0 Å². The summed E-state index contributed by atoms with van der Waals surface area (Å²) in [5, 5.41) is 8.86. The molecule has 3 atom stereocenters. The van der Waals surface area contributed by atoms with Crippen LogP contribution in [0.2, 0.25) is 0 Å². The maximum Gasteiger partial charge on any atom is 0.472 e. The van der Waals surface area contributed by atoms with E-state index < -0.39 is 45.1 Å². The molecule has 0 aliphatic carbocycles. The minimum Gasteiger partial charge on any atom is -0.480 e. The topological polar surface area (TPSA) is 155 Å². The molecule has 0 saturated carbocycles. The fraction of sp³-hybridized carbons (Fsp3) is 0.892. The van der Waals surface area contributed by atoms with Gasteiger partial charge in [-0.2, -0.15) is 0 Å². The van der Waals surface area contributed by atoms with Crippen LogP contribution in [0.1, 0.15) is 174 Å². The smallest absolute Gasteiger partial charge is 0.472 e. The SMILES string of the molecule is CCCCC/C=C\CCCCCCCC(=O)OC(COCCCCCCCCCCCCCCCC)COP(=O)(O)OCC(N)C(=O)O. The summed E-state index contributed by atoms with van der Waals surface area (Å²) in [5.41, 5.74) is 5.33. The molecular weight excluding hydrogens is 633 g/mol. The Morgan fingerprint density at radius 3 is 1.62 bits per heavy atom. The summed E-state index contributed by atoms with van der Waals surface area (Å²) in [6, 6.07) is -1.47. The number of phosphoric ester groups is 1. The van der Waals surface area contributed by atoms with Crippen molar-refractivity contribution in [2.45, 2.75) is 187 Å². The highest BCUT2D eigenvalue weighted by atomic mass is 31.2. The number of aliphatic carboxylic acids is 1. The molecule has 11 heteroatoms. The number of hydrogen-bond acceptors (Lipinski definition) is 8. The highest BCUT2D eigenvalue weighted by Crippen LogP contribution is 2.43. The van der Waals surface area contributed by atoms with Crippen LogP contribution in [0, 0.1) is 0 Å². The predicted molar refractivity (Wildman–Crippen MR) is 194 cm³/mol. The third-order valence-corrected chi connectivity index (χ3v) is 9.25. The van der Waals surface area contributed by atoms with Gasteiger partial charge in [0.25, 0.3) is 0 Å². The molecule has 3 unspecified atom stereocenters. The Bertz CT molecular complexity index is 827. The molecular formula is C37H72NO9P. The van der Waals surface area contributed by atoms with Crippen LogP contribution in [0.5, 0.6) is 0 Å². The number of carboxylic acid groups (broad SMARTS) is 1. The lowest BCUT2D eigenvalue weighted by Gasteiger charge is -2.20. The van der Waals surface area contributed by atoms with Crippen LogP contribution >= 0.6 is 7.82 Å². The average Bonchev–Trinajstić information content (AvgIpc) is 3.06. The molecule has 0 heterocycles. The van der Waals surface area contributed by atoms with Gasteiger partial charge in [0.05, 0.1) is 19.8 Å². The molecule has 0 fully saturated rings. The minimum absolute atomic E-state index is 0.0186. The van der Waals surface area contributed by atoms with Crippen LogP contribution in [0.3, 0.4) is 0 Å². The second-order valence-corrected chi connectivity index (χ2v) is 14.5. The van der Waals surface area contributed by atoms with Gasteiger partial charge in [-0.15, -0.1) is 0 Å². The Morgan fingerprint density at radius 1 is 0.646 bits per heavy atom. The number of ether oxygens (including phenoxy) is 2. The average molecular weight is 706 g/mol. The summed E-state index contributed by atoms with van der Waals surface area (Å²) in [5.74, 6) is -1.78. The normalized spacial score (nSPS) is 14.2. The van der Waals surface area contributed by atoms with Gasteiger partial charge in [-0.05, 0) is 38.5 Å². The number of esters is 1. The van der Waals surface area contributed by atoms with Crippen molar-refractivity contribution in [3.8, 4) is 0 Å². The number of phosphoric acid groups is 1. The minimum atomic E-state index is -4.60. The second kappa shape index (κ2) is 34.2. The van der Waals surface area contributed by atoms with Crippen LogP contribution in [0.15, 0.2) is 12.2 Å². The summed E-state index contributed by atoms with van der Waals surface area (Å²) in [4.78, 5) is 33.3. The van der Waals surface area contributed by atoms with E-state index >= 15 is 0 Å². The van der Waals surface area contributed by atoms with Crippen molar-refractivity contribution in [2.75, 3.05) is 26.4 Å². The summed E-state index contributed by atoms with van der Waals surface area (Å²) in [6.07, 6.45) is 32.6. The Balaban J connectivity index is 4.29. The zero-order chi connectivity index (χ0) is 35.6. The predicted octanol–water partition coefficient (Wildman–Crippen LogP) is 9.81. The van der Waals surface area contributed by atoms with E-state index in [1.165, 1.54) is 89.9 Å². The van der Waals surface area contributed by atoms with Crippen molar-refractivity contribution in [2.24, 2.45) is 5.73 Å². The van der Waals surface area contributed by atoms with E-state index in [0.717, 1.165) is 57.8 Å². The number of rotatable bonds is 37. The number of unbranched alkanes of at least 4 members (excludes halogenated alkanes) is 21. The highest BCUT2D eigenvalue weighted by Gasteiger charge is 2.27. The van der Waals surface area contributed by atoms with Crippen LogP contribution in [0.25, 0.3) is 0 Å². The van der Waals surface area contributed by atoms with Gasteiger partial charge in [-0.1, -0.05) is 142 Å². The van der Waals surface area contributed by atoms with Gasteiger partial charge in [0, 0.05) is 13.0 Å². The number of hydrogen-bond donors (Lipinski definition) is 3. The van der Waals surface area contributed by atoms with E-state index in [-0.39, 0.29) is 13.0 Å². The molecule has 0 spiro atoms. The molecule has 0 aliphatic heterocycles. The highest BCUT2D eigenvalue weighted by molar-refractivity contribution is 7.47. The Hall–Kier alpha value is -1.29. The monoisotopic (exact) mass is 705 g/mol. The molecule has 0 aromatic heterocycles. The van der Waals surface area contributed by atoms with Crippen LogP contribution < -0.4 is 5.73 Å². The third-order valence-electron chi connectivity index (χ3n) is 8.29. The molecule has 0 amide bonds. The summed E-state index contributed by atoms with van der Waals surface area (Å²) >= 11 is 0. The van der Waals surface area contributed by atoms with Crippen molar-refractivity contribution in [3.05, 3.63) is 12.2 Å². The second-order valence-electron chi connectivity index (χ2n) is 13.1. The molecule has 284 valence electrons. The molecule has 0 saturated heterocycles. The van der Waals surface area contributed by atoms with E-state index in [2.05, 4.69) is 30.5 Å². The molecule has 0 radical (unpaired) electrons. The van der Waals surface area contributed by atoms with E-state index in [1.54, 1.807) is 0 Å². The molecule has 0 aromatic rings. The van der Waals surface area contributed by atoms with Crippen LogP contribution in [0.4, 0.5) is 0 Å². The Morgan fingerprint density at radius 2 is 1.08 bits per heavy atom. The maximum atomic E-state index is 12.5. The first-order valence-corrected chi connectivity index (χ1v) is 20.7. The Kier molecular flexibility index (Phi) is 33.3. The number of carboxylic acids is 1. The Labute approximate surface area is 292 Å². The van der Waals surface area contributed by atoms with Crippen molar-refractivity contribution in [3.63, 3.8) is 0 Å². The lowest BCUT2D eigenvalue weighted by Crippen LogP contribution is -2.34. The summed E-state index contributed by atoms with van der Waals surface area (Å²) in [7, 11) is -4.60. The standard InChI is InChI=1S/C37H72NO9P/c1-3-5-7-9-11-13-15-17-18-20-22-24-26-28-30-44-31-34(32-45-48(42,43)46-33-35(38)37(40)41)47-36(39)29-27-25-23-21-19-16-14-12-10-8-6-4-2/h12,14,34-35H,3-11,13,15-33,38H2,1-2H3,(H,40,41)(H,42,43)/b14-12-. The lowest BCUT2D eigenvalue weighted by molar-refractivity contribution is -0.154. The van der Waals surface area contributed by atoms with E-state index in [9.17, 15) is 19.0 Å². The number of nitrogens with two attached hydrogens (primary N) is 1. The third kappa shape index (κ3) is 33.2. The fourth-order valence-electron chi connectivity index (χ4n) is 5.24. The molecule has 4 N–H and O–H groups in total. The number of carbonyl (C=O) groups excluding carboxylic acids is 1. The zero-order valence-electron chi connectivity index (χ0n) is 30.6. The van der Waals surface area contributed by atoms with Gasteiger partial charge < -0.3 is 25.2 Å². The van der Waals surface area contributed by atoms with Crippen molar-refractivity contribution in [1.29, 1.82) is 0 Å². The van der Waals surface area contributed by atoms with Gasteiger partial charge in [-0.25, -0.2) is 4.57 Å². The largest absolute Gasteiger partial charge is 0.480 e. The molecule has 0 aliphatic rings. The van der Waals surface area contributed by atoms with Gasteiger partial charge in [0.15, 0.2) is 0 Å². The van der Waals surface area contributed by atoms with Crippen LogP contribution in [-0.2, 0) is 32.7 Å². The van der Waals surface area contributed by atoms with Gasteiger partial charge in [0.2, 0.25) is 0 Å². The van der Waals surface area contributed by atoms with Gasteiger partial charge >= 0.3 is 19.8 Å². The lowest BCUT2D eigenvalue weighted by atomic mass is 10.0. The van der Waals surface area contributed by atoms with Gasteiger partial charge in [0.1, 0.15) is 12.1 Å². The molecule has 48 heavy (non-hydrogen) atoms. The number of carbonyl (C=O) groups is 2. The fourth-order valence-corrected chi connectivity index (χ4v) is 6.02. The van der Waals surface area contributed by atoms with Crippen molar-refractivity contribution in [1.82, 2.24) is 0 Å². The first-order chi connectivity index (χ1) is 23.2. The first-order valence-electron chi connectivity index (χ1n) is 19.2. The molecule has 0 aromatic carbocycles. The molecule has 10 nitrogen and oxygen atoms in total. The van der Waals surface area contributed by atoms with Crippen molar-refractivity contribution >= 4 is 19.8 Å². The van der Waals surface area contributed by atoms with E-state index in [1.807, 2.05) is 0 Å². The zero-order valence-corrected chi connectivity index (χ0v) is 31.5. The summed E-state index contributed by atoms with van der Waals surface area (Å²) < 4.78 is 33.2. The quantitative estimate of drug-likeness (QED) is 0.0246. The van der Waals surface area contributed by atoms with Crippen LogP contribution in [-0.4, -0.2) is 60.5 Å². The van der Waals surface area contributed by atoms with E-state index in [4.69, 9.17) is 24.8 Å². The summed E-state index contributed by atoms with van der Waals surface area (Å²) in [6.45, 7) is 3.85.